The minimum absolute atomic E-state index is 0.0987. The molecule has 2 bridgehead atoms. The summed E-state index contributed by atoms with van der Waals surface area (Å²) in [5.74, 6) is -0.891. The number of methoxy groups -OCH3 is 2. The Hall–Kier alpha value is -3.73. The van der Waals surface area contributed by atoms with Crippen LogP contribution in [0, 0.1) is 5.92 Å². The monoisotopic (exact) mass is 502 g/mol. The SMILES string of the molecule is COC(=O)C1C2c3ccccc3OC1(C)N=c1sc(=Cc3ccc(OC(F)F)c(OC)c3)c(=O)n12. The number of alkyl halides is 2. The first kappa shape index (κ1) is 23.0. The third-order valence-electron chi connectivity index (χ3n) is 6.04. The second kappa shape index (κ2) is 8.49. The van der Waals surface area contributed by atoms with E-state index in [0.717, 1.165) is 11.3 Å². The molecule has 3 unspecified atom stereocenters. The van der Waals surface area contributed by atoms with E-state index < -0.39 is 30.3 Å². The van der Waals surface area contributed by atoms with Crippen LogP contribution in [0.25, 0.3) is 6.08 Å². The molecule has 0 aliphatic carbocycles. The van der Waals surface area contributed by atoms with Crippen molar-refractivity contribution in [1.82, 2.24) is 4.57 Å². The van der Waals surface area contributed by atoms with Gasteiger partial charge in [0, 0.05) is 5.56 Å². The predicted molar refractivity (Wildman–Crippen MR) is 122 cm³/mol. The van der Waals surface area contributed by atoms with Crippen molar-refractivity contribution in [2.24, 2.45) is 10.9 Å². The fourth-order valence-corrected chi connectivity index (χ4v) is 5.65. The van der Waals surface area contributed by atoms with Crippen LogP contribution in [0.3, 0.4) is 0 Å². The van der Waals surface area contributed by atoms with Gasteiger partial charge < -0.3 is 18.9 Å². The van der Waals surface area contributed by atoms with Crippen LogP contribution >= 0.6 is 11.3 Å². The number of hydrogen-bond acceptors (Lipinski definition) is 8. The minimum atomic E-state index is -3.00. The van der Waals surface area contributed by atoms with Crippen LogP contribution in [0.5, 0.6) is 17.2 Å². The minimum Gasteiger partial charge on any atom is -0.493 e. The number of benzene rings is 2. The van der Waals surface area contributed by atoms with Crippen molar-refractivity contribution in [3.05, 3.63) is 73.3 Å². The number of para-hydroxylation sites is 1. The molecule has 0 saturated heterocycles. The van der Waals surface area contributed by atoms with E-state index in [-0.39, 0.29) is 17.1 Å². The van der Waals surface area contributed by atoms with Crippen molar-refractivity contribution in [3.8, 4) is 17.2 Å². The normalized spacial score (nSPS) is 22.5. The number of aromatic nitrogens is 1. The van der Waals surface area contributed by atoms with E-state index in [2.05, 4.69) is 9.73 Å². The molecule has 0 radical (unpaired) electrons. The van der Waals surface area contributed by atoms with Crippen molar-refractivity contribution < 1.29 is 32.5 Å². The van der Waals surface area contributed by atoms with Gasteiger partial charge >= 0.3 is 12.6 Å². The highest BCUT2D eigenvalue weighted by Crippen LogP contribution is 2.47. The zero-order valence-electron chi connectivity index (χ0n) is 18.9. The second-order valence-corrected chi connectivity index (χ2v) is 9.12. The van der Waals surface area contributed by atoms with E-state index in [4.69, 9.17) is 14.2 Å². The van der Waals surface area contributed by atoms with Crippen molar-refractivity contribution in [2.45, 2.75) is 25.3 Å². The third-order valence-corrected chi connectivity index (χ3v) is 7.02. The first-order valence-electron chi connectivity index (χ1n) is 10.6. The van der Waals surface area contributed by atoms with Crippen LogP contribution in [0.1, 0.15) is 24.1 Å². The molecule has 35 heavy (non-hydrogen) atoms. The van der Waals surface area contributed by atoms with Crippen molar-refractivity contribution in [3.63, 3.8) is 0 Å². The van der Waals surface area contributed by atoms with Gasteiger partial charge in [0.2, 0.25) is 5.72 Å². The van der Waals surface area contributed by atoms with Crippen LogP contribution in [0.2, 0.25) is 0 Å². The molecule has 8 nitrogen and oxygen atoms in total. The van der Waals surface area contributed by atoms with Gasteiger partial charge in [0.15, 0.2) is 16.3 Å². The molecule has 2 aliphatic rings. The Bertz CT molecular complexity index is 1500. The van der Waals surface area contributed by atoms with E-state index in [9.17, 15) is 18.4 Å². The fourth-order valence-electron chi connectivity index (χ4n) is 4.55. The lowest BCUT2D eigenvalue weighted by Crippen LogP contribution is -2.58. The number of rotatable bonds is 5. The van der Waals surface area contributed by atoms with Crippen molar-refractivity contribution >= 4 is 23.4 Å². The lowest BCUT2D eigenvalue weighted by molar-refractivity contribution is -0.158. The number of carbonyl (C=O) groups is 1. The summed E-state index contributed by atoms with van der Waals surface area (Å²) in [7, 11) is 2.62. The highest BCUT2D eigenvalue weighted by molar-refractivity contribution is 7.07. The van der Waals surface area contributed by atoms with Gasteiger partial charge in [-0.2, -0.15) is 8.78 Å². The predicted octanol–water partition coefficient (Wildman–Crippen LogP) is 2.47. The molecule has 0 fully saturated rings. The maximum atomic E-state index is 13.6. The first-order valence-corrected chi connectivity index (χ1v) is 11.4. The van der Waals surface area contributed by atoms with E-state index in [0.29, 0.717) is 26.2 Å². The maximum Gasteiger partial charge on any atom is 0.387 e. The van der Waals surface area contributed by atoms with Crippen LogP contribution in [-0.4, -0.2) is 37.1 Å². The number of halogens is 2. The van der Waals surface area contributed by atoms with Gasteiger partial charge in [0.1, 0.15) is 11.7 Å². The molecular weight excluding hydrogens is 482 g/mol. The van der Waals surface area contributed by atoms with Gasteiger partial charge in [0.05, 0.1) is 24.8 Å². The molecule has 0 N–H and O–H groups in total. The topological polar surface area (TPSA) is 88.4 Å². The standard InChI is InChI=1S/C24H20F2N2O6S/c1-24-18(21(30)32-3)19(13-6-4-5-7-14(13)34-24)28-20(29)17(35-23(28)27-24)11-12-8-9-15(33-22(25)26)16(10-12)31-2/h4-11,18-19,22H,1-3H3. The fraction of sp³-hybridized carbons (Fsp3) is 0.292. The van der Waals surface area contributed by atoms with E-state index in [1.165, 1.54) is 37.0 Å². The lowest BCUT2D eigenvalue weighted by atomic mass is 9.81. The van der Waals surface area contributed by atoms with Crippen molar-refractivity contribution in [1.29, 1.82) is 0 Å². The Morgan fingerprint density at radius 2 is 2.00 bits per heavy atom. The van der Waals surface area contributed by atoms with Gasteiger partial charge in [-0.1, -0.05) is 35.6 Å². The smallest absolute Gasteiger partial charge is 0.387 e. The summed E-state index contributed by atoms with van der Waals surface area (Å²) < 4.78 is 47.9. The number of thiazole rings is 1. The molecular formula is C24H20F2N2O6S. The number of esters is 1. The van der Waals surface area contributed by atoms with Gasteiger partial charge in [-0.05, 0) is 36.8 Å². The molecule has 3 aromatic rings. The molecule has 0 amide bonds. The largest absolute Gasteiger partial charge is 0.493 e. The zero-order chi connectivity index (χ0) is 24.9. The third kappa shape index (κ3) is 3.75. The average molecular weight is 502 g/mol. The second-order valence-electron chi connectivity index (χ2n) is 8.11. The Morgan fingerprint density at radius 3 is 2.71 bits per heavy atom. The van der Waals surface area contributed by atoms with Crippen LogP contribution in [-0.2, 0) is 9.53 Å². The Labute approximate surface area is 201 Å². The summed E-state index contributed by atoms with van der Waals surface area (Å²) in [5.41, 5.74) is -0.399. The van der Waals surface area contributed by atoms with Crippen LogP contribution in [0.15, 0.2) is 52.3 Å². The summed E-state index contributed by atoms with van der Waals surface area (Å²) in [6.45, 7) is -1.30. The summed E-state index contributed by atoms with van der Waals surface area (Å²) in [5, 5.41) is 0. The molecule has 3 heterocycles. The van der Waals surface area contributed by atoms with E-state index >= 15 is 0 Å². The highest BCUT2D eigenvalue weighted by Gasteiger charge is 2.55. The average Bonchev–Trinajstić information content (AvgIpc) is 3.11. The van der Waals surface area contributed by atoms with Gasteiger partial charge in [0.25, 0.3) is 5.56 Å². The van der Waals surface area contributed by atoms with E-state index in [1.807, 2.05) is 18.2 Å². The quantitative estimate of drug-likeness (QED) is 0.498. The highest BCUT2D eigenvalue weighted by atomic mass is 32.1. The molecule has 2 aromatic carbocycles. The maximum absolute atomic E-state index is 13.6. The number of hydrogen-bond donors (Lipinski definition) is 0. The van der Waals surface area contributed by atoms with E-state index in [1.54, 1.807) is 19.1 Å². The molecule has 0 saturated carbocycles. The summed E-state index contributed by atoms with van der Waals surface area (Å²) in [6.07, 6.45) is 1.61. The molecule has 2 aliphatic heterocycles. The van der Waals surface area contributed by atoms with Crippen molar-refractivity contribution in [2.75, 3.05) is 14.2 Å². The lowest BCUT2D eigenvalue weighted by Gasteiger charge is -2.44. The molecule has 1 aromatic heterocycles. The Morgan fingerprint density at radius 1 is 1.23 bits per heavy atom. The molecule has 5 rings (SSSR count). The van der Waals surface area contributed by atoms with Gasteiger partial charge in [-0.15, -0.1) is 0 Å². The van der Waals surface area contributed by atoms with Gasteiger partial charge in [-0.3, -0.25) is 14.2 Å². The van der Waals surface area contributed by atoms with Gasteiger partial charge in [-0.25, -0.2) is 4.99 Å². The summed E-state index contributed by atoms with van der Waals surface area (Å²) >= 11 is 1.14. The van der Waals surface area contributed by atoms with Crippen LogP contribution < -0.4 is 29.1 Å². The number of nitrogens with zero attached hydrogens (tertiary/aromatic N) is 2. The number of fused-ring (bicyclic) bond motifs is 6. The zero-order valence-corrected chi connectivity index (χ0v) is 19.7. The molecule has 3 atom stereocenters. The molecule has 0 spiro atoms. The van der Waals surface area contributed by atoms with Crippen LogP contribution in [0.4, 0.5) is 8.78 Å². The first-order chi connectivity index (χ1) is 16.8. The summed E-state index contributed by atoms with van der Waals surface area (Å²) in [6, 6.07) is 10.9. The summed E-state index contributed by atoms with van der Waals surface area (Å²) in [4.78, 5) is 31.5. The molecule has 11 heteroatoms. The Kier molecular flexibility index (Phi) is 5.59. The Balaban J connectivity index is 1.69. The number of ether oxygens (including phenoxy) is 4. The number of carbonyl (C=O) groups excluding carboxylic acids is 1. The molecule has 182 valence electrons.